The van der Waals surface area contributed by atoms with Gasteiger partial charge in [-0.3, -0.25) is 9.59 Å². The maximum atomic E-state index is 11.9. The standard InChI is InChI=1S/C19H23ClO7S/c1-3-28-19-17(26-14(22)9-20)16(24-11(2)21)15-13(25-19)10-23-18(27-15)12-7-5-4-6-8-12/h4-8,13,15-19H,3,9-10H2,1-2H3/t13-,15-,16+,17-,18-,19+/m1/s1. The van der Waals surface area contributed by atoms with Gasteiger partial charge in [0.15, 0.2) is 18.5 Å². The molecule has 154 valence electrons. The molecule has 3 rings (SSSR count). The van der Waals surface area contributed by atoms with Gasteiger partial charge in [-0.15, -0.1) is 23.4 Å². The SMILES string of the molecule is CCS[C@@H]1O[C@@H]2CO[C@@H](c3ccccc3)O[C@H]2[C@H](OC(C)=O)[C@H]1OC(=O)CCl. The maximum Gasteiger partial charge on any atom is 0.321 e. The molecule has 2 aliphatic rings. The van der Waals surface area contributed by atoms with Crippen LogP contribution in [0.4, 0.5) is 0 Å². The molecule has 2 saturated heterocycles. The molecule has 1 aromatic rings. The molecule has 0 bridgehead atoms. The zero-order valence-electron chi connectivity index (χ0n) is 15.6. The smallest absolute Gasteiger partial charge is 0.321 e. The summed E-state index contributed by atoms with van der Waals surface area (Å²) in [7, 11) is 0. The van der Waals surface area contributed by atoms with E-state index in [1.807, 2.05) is 37.3 Å². The third-order valence-corrected chi connectivity index (χ3v) is 5.62. The van der Waals surface area contributed by atoms with Crippen LogP contribution in [0, 0.1) is 0 Å². The second-order valence-corrected chi connectivity index (χ2v) is 7.98. The first-order valence-corrected chi connectivity index (χ1v) is 10.6. The predicted molar refractivity (Wildman–Crippen MR) is 103 cm³/mol. The molecule has 9 heteroatoms. The van der Waals surface area contributed by atoms with E-state index in [1.54, 1.807) is 0 Å². The first-order chi connectivity index (χ1) is 13.5. The van der Waals surface area contributed by atoms with Gasteiger partial charge in [-0.1, -0.05) is 37.3 Å². The first kappa shape index (κ1) is 21.4. The molecule has 2 aliphatic heterocycles. The van der Waals surface area contributed by atoms with Crippen LogP contribution in [0.15, 0.2) is 30.3 Å². The number of halogens is 1. The number of esters is 2. The van der Waals surface area contributed by atoms with Crippen molar-refractivity contribution < 1.29 is 33.3 Å². The van der Waals surface area contributed by atoms with E-state index in [4.69, 9.17) is 35.3 Å². The Labute approximate surface area is 172 Å². The van der Waals surface area contributed by atoms with Gasteiger partial charge in [-0.2, -0.15) is 0 Å². The Hall–Kier alpha value is -1.32. The Bertz CT molecular complexity index is 674. The third-order valence-electron chi connectivity index (χ3n) is 4.37. The van der Waals surface area contributed by atoms with Gasteiger partial charge in [-0.25, -0.2) is 0 Å². The number of rotatable bonds is 6. The van der Waals surface area contributed by atoms with Crippen molar-refractivity contribution in [3.05, 3.63) is 35.9 Å². The number of fused-ring (bicyclic) bond motifs is 1. The molecular formula is C19H23ClO7S. The molecule has 0 unspecified atom stereocenters. The summed E-state index contributed by atoms with van der Waals surface area (Å²) in [4.78, 5) is 23.7. The number of ether oxygens (including phenoxy) is 5. The molecule has 28 heavy (non-hydrogen) atoms. The van der Waals surface area contributed by atoms with E-state index in [0.29, 0.717) is 0 Å². The van der Waals surface area contributed by atoms with Gasteiger partial charge in [0.2, 0.25) is 0 Å². The summed E-state index contributed by atoms with van der Waals surface area (Å²) in [5.41, 5.74) is 0.310. The molecule has 0 N–H and O–H groups in total. The third kappa shape index (κ3) is 4.99. The molecule has 0 aromatic heterocycles. The van der Waals surface area contributed by atoms with Crippen LogP contribution in [0.1, 0.15) is 25.7 Å². The van der Waals surface area contributed by atoms with Crippen molar-refractivity contribution in [1.29, 1.82) is 0 Å². The molecule has 6 atom stereocenters. The average Bonchev–Trinajstić information content (AvgIpc) is 2.70. The van der Waals surface area contributed by atoms with Crippen LogP contribution in [-0.2, 0) is 33.3 Å². The lowest BCUT2D eigenvalue weighted by molar-refractivity contribution is -0.320. The van der Waals surface area contributed by atoms with Crippen LogP contribution in [-0.4, -0.2) is 60.0 Å². The summed E-state index contributed by atoms with van der Waals surface area (Å²) in [6.45, 7) is 3.53. The van der Waals surface area contributed by atoms with E-state index >= 15 is 0 Å². The number of benzene rings is 1. The molecular weight excluding hydrogens is 408 g/mol. The zero-order valence-corrected chi connectivity index (χ0v) is 17.2. The fourth-order valence-electron chi connectivity index (χ4n) is 3.26. The van der Waals surface area contributed by atoms with E-state index in [-0.39, 0.29) is 12.5 Å². The van der Waals surface area contributed by atoms with Crippen LogP contribution < -0.4 is 0 Å². The molecule has 2 fully saturated rings. The Kier molecular flexibility index (Phi) is 7.59. The Morgan fingerprint density at radius 1 is 1.18 bits per heavy atom. The van der Waals surface area contributed by atoms with Gasteiger partial charge in [0.1, 0.15) is 23.5 Å². The lowest BCUT2D eigenvalue weighted by Gasteiger charge is -2.48. The van der Waals surface area contributed by atoms with Crippen molar-refractivity contribution in [2.75, 3.05) is 18.2 Å². The topological polar surface area (TPSA) is 80.3 Å². The quantitative estimate of drug-likeness (QED) is 0.503. The second-order valence-electron chi connectivity index (χ2n) is 6.34. The number of hydrogen-bond donors (Lipinski definition) is 0. The van der Waals surface area contributed by atoms with E-state index < -0.39 is 48.1 Å². The number of thioether (sulfide) groups is 1. The van der Waals surface area contributed by atoms with Crippen molar-refractivity contribution in [3.8, 4) is 0 Å². The van der Waals surface area contributed by atoms with Gasteiger partial charge in [-0.05, 0) is 5.75 Å². The second kappa shape index (κ2) is 9.93. The fraction of sp³-hybridized carbons (Fsp3) is 0.579. The molecule has 0 aliphatic carbocycles. The predicted octanol–water partition coefficient (Wildman–Crippen LogP) is 2.66. The summed E-state index contributed by atoms with van der Waals surface area (Å²) < 4.78 is 29.1. The summed E-state index contributed by atoms with van der Waals surface area (Å²) in [6, 6.07) is 9.43. The summed E-state index contributed by atoms with van der Waals surface area (Å²) in [6.07, 6.45) is -3.41. The lowest BCUT2D eigenvalue weighted by atomic mass is 9.98. The molecule has 2 heterocycles. The molecule has 0 radical (unpaired) electrons. The van der Waals surface area contributed by atoms with Gasteiger partial charge >= 0.3 is 11.9 Å². The van der Waals surface area contributed by atoms with Crippen LogP contribution in [0.2, 0.25) is 0 Å². The number of hydrogen-bond acceptors (Lipinski definition) is 8. The first-order valence-electron chi connectivity index (χ1n) is 9.05. The van der Waals surface area contributed by atoms with Crippen molar-refractivity contribution in [2.24, 2.45) is 0 Å². The van der Waals surface area contributed by atoms with Crippen LogP contribution in [0.5, 0.6) is 0 Å². The number of carbonyl (C=O) groups is 2. The highest BCUT2D eigenvalue weighted by molar-refractivity contribution is 7.99. The van der Waals surface area contributed by atoms with Gasteiger partial charge in [0, 0.05) is 12.5 Å². The Morgan fingerprint density at radius 2 is 1.93 bits per heavy atom. The summed E-state index contributed by atoms with van der Waals surface area (Å²) in [5, 5.41) is 0. The zero-order chi connectivity index (χ0) is 20.1. The largest absolute Gasteiger partial charge is 0.456 e. The number of carbonyl (C=O) groups excluding carboxylic acids is 2. The van der Waals surface area contributed by atoms with Crippen LogP contribution >= 0.6 is 23.4 Å². The Balaban J connectivity index is 1.86. The molecule has 7 nitrogen and oxygen atoms in total. The fourth-order valence-corrected chi connectivity index (χ4v) is 4.27. The van der Waals surface area contributed by atoms with Crippen LogP contribution in [0.25, 0.3) is 0 Å². The summed E-state index contributed by atoms with van der Waals surface area (Å²) >= 11 is 7.06. The minimum Gasteiger partial charge on any atom is -0.456 e. The van der Waals surface area contributed by atoms with E-state index in [0.717, 1.165) is 11.3 Å². The van der Waals surface area contributed by atoms with Gasteiger partial charge in [0.05, 0.1) is 6.61 Å². The minimum atomic E-state index is -0.837. The highest BCUT2D eigenvalue weighted by atomic mass is 35.5. The molecule has 0 spiro atoms. The maximum absolute atomic E-state index is 11.9. The molecule has 0 amide bonds. The van der Waals surface area contributed by atoms with Crippen LogP contribution in [0.3, 0.4) is 0 Å². The number of alkyl halides is 1. The van der Waals surface area contributed by atoms with Gasteiger partial charge in [0.25, 0.3) is 0 Å². The van der Waals surface area contributed by atoms with Crippen molar-refractivity contribution in [3.63, 3.8) is 0 Å². The highest BCUT2D eigenvalue weighted by Gasteiger charge is 2.53. The van der Waals surface area contributed by atoms with E-state index in [9.17, 15) is 9.59 Å². The van der Waals surface area contributed by atoms with E-state index in [2.05, 4.69) is 0 Å². The van der Waals surface area contributed by atoms with E-state index in [1.165, 1.54) is 18.7 Å². The van der Waals surface area contributed by atoms with Crippen molar-refractivity contribution >= 4 is 35.3 Å². The molecule has 0 saturated carbocycles. The minimum absolute atomic E-state index is 0.263. The lowest BCUT2D eigenvalue weighted by Crippen LogP contribution is -2.63. The monoisotopic (exact) mass is 430 g/mol. The average molecular weight is 431 g/mol. The van der Waals surface area contributed by atoms with Crippen molar-refractivity contribution in [1.82, 2.24) is 0 Å². The molecule has 1 aromatic carbocycles. The Morgan fingerprint density at radius 3 is 2.57 bits per heavy atom. The van der Waals surface area contributed by atoms with Crippen molar-refractivity contribution in [2.45, 2.75) is 50.0 Å². The summed E-state index contributed by atoms with van der Waals surface area (Å²) in [5.74, 6) is -0.696. The van der Waals surface area contributed by atoms with Gasteiger partial charge < -0.3 is 23.7 Å². The normalized spacial score (nSPS) is 32.2. The highest BCUT2D eigenvalue weighted by Crippen LogP contribution is 2.39.